The first-order valence-corrected chi connectivity index (χ1v) is 8.70. The molecule has 0 unspecified atom stereocenters. The monoisotopic (exact) mass is 358 g/mol. The van der Waals surface area contributed by atoms with Crippen LogP contribution in [0.4, 0.5) is 4.79 Å². The van der Waals surface area contributed by atoms with Crippen molar-refractivity contribution in [1.82, 2.24) is 5.32 Å². The Morgan fingerprint density at radius 1 is 1.23 bits per heavy atom. The van der Waals surface area contributed by atoms with Crippen molar-refractivity contribution in [3.05, 3.63) is 29.3 Å². The number of alkyl carbamates (subject to hydrolysis) is 1. The molecule has 6 nitrogen and oxygen atoms in total. The van der Waals surface area contributed by atoms with E-state index in [4.69, 9.17) is 14.0 Å². The minimum Gasteiger partial charge on any atom is -0.444 e. The quantitative estimate of drug-likeness (QED) is 0.841. The Hall–Kier alpha value is -2.04. The summed E-state index contributed by atoms with van der Waals surface area (Å²) in [7, 11) is -0.595. The number of amides is 1. The third-order valence-corrected chi connectivity index (χ3v) is 4.58. The van der Waals surface area contributed by atoms with E-state index >= 15 is 0 Å². The van der Waals surface area contributed by atoms with Crippen molar-refractivity contribution in [2.45, 2.75) is 71.8 Å². The van der Waals surface area contributed by atoms with E-state index < -0.39 is 30.0 Å². The van der Waals surface area contributed by atoms with Gasteiger partial charge in [0.1, 0.15) is 5.60 Å². The number of benzene rings is 1. The standard InChI is InChI=1S/C19H27BN2O4/c1-17(2,3)24-16(23)22-12-13-8-9-15(14(10-13)11-21)20-25-18(4,5)19(6,7)26-20/h8-10H,12H2,1-7H3,(H,22,23). The molecule has 1 amide bonds. The van der Waals surface area contributed by atoms with E-state index in [-0.39, 0.29) is 6.54 Å². The molecule has 0 spiro atoms. The molecule has 1 saturated heterocycles. The van der Waals surface area contributed by atoms with Gasteiger partial charge in [-0.05, 0) is 60.1 Å². The number of hydrogen-bond acceptors (Lipinski definition) is 5. The van der Waals surface area contributed by atoms with E-state index in [9.17, 15) is 10.1 Å². The molecule has 140 valence electrons. The molecule has 1 heterocycles. The summed E-state index contributed by atoms with van der Waals surface area (Å²) in [5, 5.41) is 12.2. The fourth-order valence-corrected chi connectivity index (χ4v) is 2.47. The first kappa shape index (κ1) is 20.3. The Morgan fingerprint density at radius 3 is 2.31 bits per heavy atom. The normalized spacial score (nSPS) is 18.3. The van der Waals surface area contributed by atoms with Crippen molar-refractivity contribution in [3.63, 3.8) is 0 Å². The second-order valence-electron chi connectivity index (χ2n) is 8.48. The lowest BCUT2D eigenvalue weighted by Gasteiger charge is -2.32. The van der Waals surface area contributed by atoms with Crippen LogP contribution in [-0.4, -0.2) is 30.0 Å². The summed E-state index contributed by atoms with van der Waals surface area (Å²) in [5.41, 5.74) is 0.456. The first-order valence-electron chi connectivity index (χ1n) is 8.70. The Bertz CT molecular complexity index is 716. The molecule has 1 fully saturated rings. The van der Waals surface area contributed by atoms with Gasteiger partial charge in [0.25, 0.3) is 0 Å². The van der Waals surface area contributed by atoms with Gasteiger partial charge in [0.2, 0.25) is 0 Å². The number of nitrogens with zero attached hydrogens (tertiary/aromatic N) is 1. The number of nitriles is 1. The molecule has 2 rings (SSSR count). The van der Waals surface area contributed by atoms with Gasteiger partial charge in [0, 0.05) is 12.0 Å². The maximum absolute atomic E-state index is 11.8. The van der Waals surface area contributed by atoms with E-state index in [1.54, 1.807) is 26.8 Å². The van der Waals surface area contributed by atoms with Gasteiger partial charge in [-0.15, -0.1) is 0 Å². The van der Waals surface area contributed by atoms with Crippen LogP contribution in [0.2, 0.25) is 0 Å². The number of rotatable bonds is 3. The fraction of sp³-hybridized carbons (Fsp3) is 0.579. The SMILES string of the molecule is CC(C)(C)OC(=O)NCc1ccc(B2OC(C)(C)C(C)(C)O2)c(C#N)c1. The molecule has 0 atom stereocenters. The molecule has 0 aromatic heterocycles. The Labute approximate surface area is 156 Å². The zero-order valence-electron chi connectivity index (χ0n) is 16.6. The lowest BCUT2D eigenvalue weighted by molar-refractivity contribution is 0.00578. The highest BCUT2D eigenvalue weighted by Crippen LogP contribution is 2.36. The molecule has 1 aliphatic rings. The molecule has 26 heavy (non-hydrogen) atoms. The first-order chi connectivity index (χ1) is 11.8. The van der Waals surface area contributed by atoms with Crippen LogP contribution in [0.5, 0.6) is 0 Å². The lowest BCUT2D eigenvalue weighted by Crippen LogP contribution is -2.41. The topological polar surface area (TPSA) is 80.6 Å². The fourth-order valence-electron chi connectivity index (χ4n) is 2.47. The lowest BCUT2D eigenvalue weighted by atomic mass is 9.75. The molecule has 1 aromatic rings. The van der Waals surface area contributed by atoms with Crippen molar-refractivity contribution in [3.8, 4) is 6.07 Å². The van der Waals surface area contributed by atoms with E-state index in [0.717, 1.165) is 5.56 Å². The molecule has 0 bridgehead atoms. The molecule has 1 N–H and O–H groups in total. The summed E-state index contributed by atoms with van der Waals surface area (Å²) in [4.78, 5) is 11.8. The van der Waals surface area contributed by atoms with Gasteiger partial charge in [-0.3, -0.25) is 0 Å². The van der Waals surface area contributed by atoms with Crippen LogP contribution in [0, 0.1) is 11.3 Å². The van der Waals surface area contributed by atoms with Gasteiger partial charge in [-0.1, -0.05) is 12.1 Å². The summed E-state index contributed by atoms with van der Waals surface area (Å²) in [6, 6.07) is 7.58. The number of carbonyl (C=O) groups excluding carboxylic acids is 1. The van der Waals surface area contributed by atoms with E-state index in [1.807, 2.05) is 39.8 Å². The summed E-state index contributed by atoms with van der Waals surface area (Å²) in [5.74, 6) is 0. The maximum atomic E-state index is 11.8. The van der Waals surface area contributed by atoms with Gasteiger partial charge in [-0.25, -0.2) is 4.79 Å². The van der Waals surface area contributed by atoms with Crippen molar-refractivity contribution in [1.29, 1.82) is 5.26 Å². The van der Waals surface area contributed by atoms with Crippen molar-refractivity contribution < 1.29 is 18.8 Å². The largest absolute Gasteiger partial charge is 0.496 e. The Kier molecular flexibility index (Phi) is 5.41. The molecule has 7 heteroatoms. The molecule has 0 aliphatic carbocycles. The minimum absolute atomic E-state index is 0.271. The highest BCUT2D eigenvalue weighted by atomic mass is 16.7. The molecule has 1 aromatic carbocycles. The van der Waals surface area contributed by atoms with Gasteiger partial charge in [0.15, 0.2) is 0 Å². The van der Waals surface area contributed by atoms with Gasteiger partial charge < -0.3 is 19.4 Å². The second-order valence-corrected chi connectivity index (χ2v) is 8.48. The van der Waals surface area contributed by atoms with Crippen molar-refractivity contribution in [2.75, 3.05) is 0 Å². The molecular weight excluding hydrogens is 331 g/mol. The third-order valence-electron chi connectivity index (χ3n) is 4.58. The van der Waals surface area contributed by atoms with Crippen molar-refractivity contribution in [2.24, 2.45) is 0 Å². The van der Waals surface area contributed by atoms with Gasteiger partial charge >= 0.3 is 13.2 Å². The zero-order chi connectivity index (χ0) is 19.8. The van der Waals surface area contributed by atoms with Crippen LogP contribution in [0.3, 0.4) is 0 Å². The average Bonchev–Trinajstić information content (AvgIpc) is 2.71. The van der Waals surface area contributed by atoms with E-state index in [2.05, 4.69) is 11.4 Å². The number of ether oxygens (including phenoxy) is 1. The van der Waals surface area contributed by atoms with Crippen LogP contribution < -0.4 is 10.8 Å². The van der Waals surface area contributed by atoms with Crippen LogP contribution in [0.25, 0.3) is 0 Å². The van der Waals surface area contributed by atoms with Crippen molar-refractivity contribution >= 4 is 18.7 Å². The smallest absolute Gasteiger partial charge is 0.444 e. The number of carbonyl (C=O) groups is 1. The summed E-state index contributed by atoms with van der Waals surface area (Å²) < 4.78 is 17.3. The zero-order valence-corrected chi connectivity index (χ0v) is 16.6. The summed E-state index contributed by atoms with van der Waals surface area (Å²) in [6.45, 7) is 13.6. The average molecular weight is 358 g/mol. The highest BCUT2D eigenvalue weighted by molar-refractivity contribution is 6.62. The molecule has 0 radical (unpaired) electrons. The second kappa shape index (κ2) is 6.94. The summed E-state index contributed by atoms with van der Waals surface area (Å²) >= 11 is 0. The predicted molar refractivity (Wildman–Crippen MR) is 99.9 cm³/mol. The Balaban J connectivity index is 2.12. The van der Waals surface area contributed by atoms with E-state index in [0.29, 0.717) is 11.0 Å². The minimum atomic E-state index is -0.595. The maximum Gasteiger partial charge on any atom is 0.496 e. The molecule has 1 aliphatic heterocycles. The summed E-state index contributed by atoms with van der Waals surface area (Å²) in [6.07, 6.45) is -0.494. The Morgan fingerprint density at radius 2 is 1.81 bits per heavy atom. The van der Waals surface area contributed by atoms with Gasteiger partial charge in [0.05, 0.1) is 22.8 Å². The molecular formula is C19H27BN2O4. The predicted octanol–water partition coefficient (Wildman–Crippen LogP) is 2.88. The van der Waals surface area contributed by atoms with Crippen LogP contribution in [0.1, 0.15) is 59.6 Å². The van der Waals surface area contributed by atoms with Crippen LogP contribution in [-0.2, 0) is 20.6 Å². The third kappa shape index (κ3) is 4.57. The molecule has 0 saturated carbocycles. The van der Waals surface area contributed by atoms with Crippen LogP contribution in [0.15, 0.2) is 18.2 Å². The van der Waals surface area contributed by atoms with E-state index in [1.165, 1.54) is 0 Å². The number of nitrogens with one attached hydrogen (secondary N) is 1. The highest BCUT2D eigenvalue weighted by Gasteiger charge is 2.52. The van der Waals surface area contributed by atoms with Crippen LogP contribution >= 0.6 is 0 Å². The van der Waals surface area contributed by atoms with Gasteiger partial charge in [-0.2, -0.15) is 5.26 Å². The number of hydrogen-bond donors (Lipinski definition) is 1.